The van der Waals surface area contributed by atoms with Gasteiger partial charge in [0.05, 0.1) is 29.5 Å². The molecule has 2 aromatic heterocycles. The maximum atomic E-state index is 12.7. The standard InChI is InChI=1S/C23H15N3O4/c27-21(25-20-10-8-14-4-1-2-6-19(14)24-20)15-7-9-17-18(12-15)23(29)26(22(17)28)13-16-5-3-11-30-16/h1-12H,13H2,(H,24,25,27). The number of rotatable bonds is 4. The summed E-state index contributed by atoms with van der Waals surface area (Å²) in [6.07, 6.45) is 1.48. The van der Waals surface area contributed by atoms with Crippen LogP contribution in [0.3, 0.4) is 0 Å². The van der Waals surface area contributed by atoms with E-state index in [1.807, 2.05) is 30.3 Å². The predicted molar refractivity (Wildman–Crippen MR) is 109 cm³/mol. The van der Waals surface area contributed by atoms with Crippen LogP contribution in [0.4, 0.5) is 5.82 Å². The molecule has 1 aliphatic heterocycles. The number of aromatic nitrogens is 1. The number of furan rings is 1. The maximum absolute atomic E-state index is 12.7. The number of pyridine rings is 1. The van der Waals surface area contributed by atoms with Crippen molar-refractivity contribution in [1.29, 1.82) is 0 Å². The zero-order valence-electron chi connectivity index (χ0n) is 15.7. The van der Waals surface area contributed by atoms with Gasteiger partial charge in [-0.3, -0.25) is 19.3 Å². The molecular formula is C23H15N3O4. The SMILES string of the molecule is O=C(Nc1ccc2ccccc2n1)c1ccc2c(c1)C(=O)N(Cc1ccco1)C2=O. The monoisotopic (exact) mass is 397 g/mol. The molecule has 0 fully saturated rings. The summed E-state index contributed by atoms with van der Waals surface area (Å²) in [6, 6.07) is 19.0. The minimum absolute atomic E-state index is 0.0435. The van der Waals surface area contributed by atoms with Crippen LogP contribution in [-0.4, -0.2) is 27.6 Å². The lowest BCUT2D eigenvalue weighted by molar-refractivity contribution is 0.0631. The lowest BCUT2D eigenvalue weighted by Crippen LogP contribution is -2.28. The fourth-order valence-electron chi connectivity index (χ4n) is 3.46. The van der Waals surface area contributed by atoms with Gasteiger partial charge in [-0.15, -0.1) is 0 Å². The molecule has 0 saturated heterocycles. The number of imide groups is 1. The van der Waals surface area contributed by atoms with Gasteiger partial charge >= 0.3 is 0 Å². The Balaban J connectivity index is 1.39. The summed E-state index contributed by atoms with van der Waals surface area (Å²) in [4.78, 5) is 43.5. The van der Waals surface area contributed by atoms with E-state index in [-0.39, 0.29) is 23.2 Å². The molecule has 0 radical (unpaired) electrons. The van der Waals surface area contributed by atoms with Crippen molar-refractivity contribution < 1.29 is 18.8 Å². The Kier molecular flexibility index (Phi) is 4.14. The van der Waals surface area contributed by atoms with Gasteiger partial charge in [0, 0.05) is 10.9 Å². The number of para-hydroxylation sites is 1. The normalized spacial score (nSPS) is 13.0. The van der Waals surface area contributed by atoms with E-state index in [2.05, 4.69) is 10.3 Å². The van der Waals surface area contributed by atoms with Gasteiger partial charge < -0.3 is 9.73 Å². The molecule has 1 N–H and O–H groups in total. The molecule has 2 aromatic carbocycles. The Hall–Kier alpha value is -4.26. The Morgan fingerprint density at radius 2 is 1.77 bits per heavy atom. The molecule has 5 rings (SSSR count). The van der Waals surface area contributed by atoms with Crippen LogP contribution in [0.2, 0.25) is 0 Å². The van der Waals surface area contributed by atoms with Crippen molar-refractivity contribution in [3.8, 4) is 0 Å². The van der Waals surface area contributed by atoms with E-state index in [0.717, 1.165) is 15.8 Å². The first-order chi connectivity index (χ1) is 14.6. The molecule has 0 spiro atoms. The topological polar surface area (TPSA) is 92.5 Å². The summed E-state index contributed by atoms with van der Waals surface area (Å²) in [7, 11) is 0. The van der Waals surface area contributed by atoms with Crippen molar-refractivity contribution in [2.75, 3.05) is 5.32 Å². The van der Waals surface area contributed by atoms with Gasteiger partial charge in [-0.2, -0.15) is 0 Å². The molecule has 3 amide bonds. The van der Waals surface area contributed by atoms with E-state index in [1.54, 1.807) is 18.2 Å². The molecule has 0 saturated carbocycles. The Bertz CT molecular complexity index is 1310. The largest absolute Gasteiger partial charge is 0.467 e. The highest BCUT2D eigenvalue weighted by Gasteiger charge is 2.36. The number of nitrogens with one attached hydrogen (secondary N) is 1. The van der Waals surface area contributed by atoms with Crippen molar-refractivity contribution in [2.24, 2.45) is 0 Å². The zero-order valence-corrected chi connectivity index (χ0v) is 15.7. The van der Waals surface area contributed by atoms with Crippen LogP contribution >= 0.6 is 0 Å². The molecule has 7 heteroatoms. The Morgan fingerprint density at radius 1 is 0.933 bits per heavy atom. The number of benzene rings is 2. The summed E-state index contributed by atoms with van der Waals surface area (Å²) in [5.74, 6) is -0.365. The van der Waals surface area contributed by atoms with Gasteiger partial charge in [-0.25, -0.2) is 4.98 Å². The lowest BCUT2D eigenvalue weighted by Gasteiger charge is -2.11. The first-order valence-electron chi connectivity index (χ1n) is 9.30. The van der Waals surface area contributed by atoms with E-state index in [4.69, 9.17) is 4.42 Å². The molecule has 3 heterocycles. The van der Waals surface area contributed by atoms with E-state index >= 15 is 0 Å². The van der Waals surface area contributed by atoms with Crippen molar-refractivity contribution in [3.05, 3.63) is 95.4 Å². The number of carbonyl (C=O) groups excluding carboxylic acids is 3. The molecule has 7 nitrogen and oxygen atoms in total. The molecule has 4 aromatic rings. The quantitative estimate of drug-likeness (QED) is 0.528. The van der Waals surface area contributed by atoms with Gasteiger partial charge in [-0.1, -0.05) is 18.2 Å². The van der Waals surface area contributed by atoms with Gasteiger partial charge in [0.15, 0.2) is 0 Å². The third kappa shape index (κ3) is 3.02. The minimum Gasteiger partial charge on any atom is -0.467 e. The number of hydrogen-bond acceptors (Lipinski definition) is 5. The Morgan fingerprint density at radius 3 is 2.60 bits per heavy atom. The van der Waals surface area contributed by atoms with E-state index in [1.165, 1.54) is 24.5 Å². The van der Waals surface area contributed by atoms with E-state index < -0.39 is 17.7 Å². The number of anilines is 1. The summed E-state index contributed by atoms with van der Waals surface area (Å²) < 4.78 is 5.23. The number of carbonyl (C=O) groups is 3. The highest BCUT2D eigenvalue weighted by Crippen LogP contribution is 2.26. The zero-order chi connectivity index (χ0) is 20.7. The molecule has 146 valence electrons. The molecule has 0 aliphatic carbocycles. The number of nitrogens with zero attached hydrogens (tertiary/aromatic N) is 2. The van der Waals surface area contributed by atoms with Crippen LogP contribution in [0.5, 0.6) is 0 Å². The molecule has 1 aliphatic rings. The lowest BCUT2D eigenvalue weighted by atomic mass is 10.1. The third-order valence-electron chi connectivity index (χ3n) is 4.97. The minimum atomic E-state index is -0.454. The average Bonchev–Trinajstić information content (AvgIpc) is 3.36. The van der Waals surface area contributed by atoms with Crippen molar-refractivity contribution >= 4 is 34.4 Å². The number of hydrogen-bond donors (Lipinski definition) is 1. The molecule has 0 bridgehead atoms. The number of fused-ring (bicyclic) bond motifs is 2. The summed E-state index contributed by atoms with van der Waals surface area (Å²) in [5, 5.41) is 3.71. The van der Waals surface area contributed by atoms with Crippen LogP contribution in [0.25, 0.3) is 10.9 Å². The Labute approximate surface area is 170 Å². The predicted octanol–water partition coefficient (Wildman–Crippen LogP) is 3.88. The van der Waals surface area contributed by atoms with Gasteiger partial charge in [0.2, 0.25) is 0 Å². The second kappa shape index (κ2) is 6.97. The van der Waals surface area contributed by atoms with E-state index in [0.29, 0.717) is 11.6 Å². The fourth-order valence-corrected chi connectivity index (χ4v) is 3.46. The smallest absolute Gasteiger partial charge is 0.261 e. The highest BCUT2D eigenvalue weighted by atomic mass is 16.3. The second-order valence-electron chi connectivity index (χ2n) is 6.88. The summed E-state index contributed by atoms with van der Waals surface area (Å²) in [6.45, 7) is 0.0435. The first-order valence-corrected chi connectivity index (χ1v) is 9.30. The van der Waals surface area contributed by atoms with Crippen LogP contribution in [0.1, 0.15) is 36.8 Å². The van der Waals surface area contributed by atoms with Crippen molar-refractivity contribution in [1.82, 2.24) is 9.88 Å². The van der Waals surface area contributed by atoms with Crippen molar-refractivity contribution in [2.45, 2.75) is 6.54 Å². The van der Waals surface area contributed by atoms with Crippen LogP contribution in [-0.2, 0) is 6.54 Å². The van der Waals surface area contributed by atoms with Gasteiger partial charge in [0.25, 0.3) is 17.7 Å². The highest BCUT2D eigenvalue weighted by molar-refractivity contribution is 6.22. The van der Waals surface area contributed by atoms with Gasteiger partial charge in [0.1, 0.15) is 11.6 Å². The molecule has 30 heavy (non-hydrogen) atoms. The first kappa shape index (κ1) is 17.8. The maximum Gasteiger partial charge on any atom is 0.261 e. The fraction of sp³-hybridized carbons (Fsp3) is 0.0435. The van der Waals surface area contributed by atoms with Crippen molar-refractivity contribution in [3.63, 3.8) is 0 Å². The van der Waals surface area contributed by atoms with Gasteiger partial charge in [-0.05, 0) is 48.5 Å². The molecular weight excluding hydrogens is 382 g/mol. The third-order valence-corrected chi connectivity index (χ3v) is 4.97. The average molecular weight is 397 g/mol. The summed E-state index contributed by atoms with van der Waals surface area (Å²) >= 11 is 0. The van der Waals surface area contributed by atoms with Crippen LogP contribution in [0, 0.1) is 0 Å². The van der Waals surface area contributed by atoms with Crippen LogP contribution < -0.4 is 5.32 Å². The molecule has 0 unspecified atom stereocenters. The second-order valence-corrected chi connectivity index (χ2v) is 6.88. The van der Waals surface area contributed by atoms with E-state index in [9.17, 15) is 14.4 Å². The summed E-state index contributed by atoms with van der Waals surface area (Å²) in [5.41, 5.74) is 1.50. The molecule has 0 atom stereocenters. The number of amides is 3. The van der Waals surface area contributed by atoms with Crippen LogP contribution in [0.15, 0.2) is 77.4 Å².